The first-order chi connectivity index (χ1) is 15.6. The average Bonchev–Trinajstić information content (AvgIpc) is 2.81. The van der Waals surface area contributed by atoms with Crippen LogP contribution in [0.1, 0.15) is 24.5 Å². The second-order valence-corrected chi connectivity index (χ2v) is 7.60. The number of hydrogen-bond acceptors (Lipinski definition) is 8. The van der Waals surface area contributed by atoms with Crippen LogP contribution in [0, 0.1) is 5.82 Å². The van der Waals surface area contributed by atoms with Crippen LogP contribution in [0.4, 0.5) is 27.7 Å². The fraction of sp³-hybridized carbons (Fsp3) is 0.318. The highest BCUT2D eigenvalue weighted by Gasteiger charge is 2.24. The molecule has 1 fully saturated rings. The molecular formula is C22H25FN8O. The molecule has 1 amide bonds. The zero-order valence-corrected chi connectivity index (χ0v) is 17.8. The van der Waals surface area contributed by atoms with Crippen LogP contribution < -0.4 is 16.0 Å². The van der Waals surface area contributed by atoms with Crippen LogP contribution in [0.2, 0.25) is 0 Å². The summed E-state index contributed by atoms with van der Waals surface area (Å²) < 4.78 is 13.0. The van der Waals surface area contributed by atoms with Crippen LogP contribution in [-0.2, 0) is 4.79 Å². The quantitative estimate of drug-likeness (QED) is 0.519. The molecule has 0 aliphatic carbocycles. The second-order valence-electron chi connectivity index (χ2n) is 7.60. The lowest BCUT2D eigenvalue weighted by molar-refractivity contribution is -0.117. The summed E-state index contributed by atoms with van der Waals surface area (Å²) in [5.41, 5.74) is 1.51. The molecule has 4 rings (SSSR count). The third kappa shape index (κ3) is 5.73. The van der Waals surface area contributed by atoms with E-state index in [-0.39, 0.29) is 24.2 Å². The van der Waals surface area contributed by atoms with Gasteiger partial charge < -0.3 is 16.0 Å². The van der Waals surface area contributed by atoms with Gasteiger partial charge in [0.1, 0.15) is 23.8 Å². The Bertz CT molecular complexity index is 1060. The SMILES string of the molecule is CNc1cc(Nc2nccc([C@@H]3CCCN(CC(=O)Nc4ccc(F)cc4)C3)n2)ncn1. The van der Waals surface area contributed by atoms with Gasteiger partial charge in [0.2, 0.25) is 11.9 Å². The Balaban J connectivity index is 1.36. The molecule has 0 unspecified atom stereocenters. The van der Waals surface area contributed by atoms with Crippen molar-refractivity contribution in [2.45, 2.75) is 18.8 Å². The molecule has 1 atom stereocenters. The molecule has 1 aliphatic heterocycles. The molecule has 0 radical (unpaired) electrons. The van der Waals surface area contributed by atoms with Crippen molar-refractivity contribution in [3.8, 4) is 0 Å². The number of hydrogen-bond donors (Lipinski definition) is 3. The molecule has 3 N–H and O–H groups in total. The summed E-state index contributed by atoms with van der Waals surface area (Å²) in [5.74, 6) is 1.51. The van der Waals surface area contributed by atoms with E-state index in [1.807, 2.05) is 6.07 Å². The minimum absolute atomic E-state index is 0.119. The van der Waals surface area contributed by atoms with E-state index in [1.165, 1.54) is 18.5 Å². The lowest BCUT2D eigenvalue weighted by atomic mass is 9.94. The molecule has 3 heterocycles. The van der Waals surface area contributed by atoms with Crippen LogP contribution in [0.25, 0.3) is 0 Å². The molecule has 1 saturated heterocycles. The van der Waals surface area contributed by atoms with Crippen molar-refractivity contribution in [3.05, 3.63) is 60.4 Å². The Hall–Kier alpha value is -3.66. The van der Waals surface area contributed by atoms with E-state index in [1.54, 1.807) is 31.4 Å². The van der Waals surface area contributed by atoms with Crippen LogP contribution >= 0.6 is 0 Å². The molecule has 0 saturated carbocycles. The van der Waals surface area contributed by atoms with Gasteiger partial charge in [0.15, 0.2) is 0 Å². The van der Waals surface area contributed by atoms with Gasteiger partial charge in [-0.1, -0.05) is 0 Å². The lowest BCUT2D eigenvalue weighted by Gasteiger charge is -2.32. The number of likely N-dealkylation sites (tertiary alicyclic amines) is 1. The summed E-state index contributed by atoms with van der Waals surface area (Å²) in [6, 6.07) is 9.45. The smallest absolute Gasteiger partial charge is 0.238 e. The molecule has 3 aromatic rings. The topological polar surface area (TPSA) is 108 Å². The predicted molar refractivity (Wildman–Crippen MR) is 120 cm³/mol. The van der Waals surface area contributed by atoms with Gasteiger partial charge in [-0.3, -0.25) is 9.69 Å². The number of anilines is 4. The summed E-state index contributed by atoms with van der Waals surface area (Å²) in [6.45, 7) is 1.85. The Morgan fingerprint density at radius 3 is 2.78 bits per heavy atom. The summed E-state index contributed by atoms with van der Waals surface area (Å²) in [6.07, 6.45) is 5.15. The summed E-state index contributed by atoms with van der Waals surface area (Å²) in [7, 11) is 1.79. The fourth-order valence-electron chi connectivity index (χ4n) is 3.71. The normalized spacial score (nSPS) is 16.4. The maximum atomic E-state index is 13.0. The monoisotopic (exact) mass is 436 g/mol. The van der Waals surface area contributed by atoms with Gasteiger partial charge in [-0.2, -0.15) is 0 Å². The van der Waals surface area contributed by atoms with Crippen molar-refractivity contribution in [2.24, 2.45) is 0 Å². The number of aromatic nitrogens is 4. The maximum Gasteiger partial charge on any atom is 0.238 e. The average molecular weight is 436 g/mol. The van der Waals surface area contributed by atoms with E-state index in [0.29, 0.717) is 23.3 Å². The molecule has 2 aromatic heterocycles. The third-order valence-electron chi connectivity index (χ3n) is 5.26. The van der Waals surface area contributed by atoms with Crippen molar-refractivity contribution in [1.29, 1.82) is 0 Å². The number of piperidine rings is 1. The van der Waals surface area contributed by atoms with Crippen molar-refractivity contribution >= 4 is 29.2 Å². The first-order valence-electron chi connectivity index (χ1n) is 10.5. The van der Waals surface area contributed by atoms with Crippen molar-refractivity contribution in [2.75, 3.05) is 42.6 Å². The summed E-state index contributed by atoms with van der Waals surface area (Å²) >= 11 is 0. The van der Waals surface area contributed by atoms with E-state index in [0.717, 1.165) is 31.6 Å². The summed E-state index contributed by atoms with van der Waals surface area (Å²) in [4.78, 5) is 31.8. The molecule has 166 valence electrons. The number of carbonyl (C=O) groups is 1. The van der Waals surface area contributed by atoms with Crippen molar-refractivity contribution < 1.29 is 9.18 Å². The Labute approximate surface area is 185 Å². The van der Waals surface area contributed by atoms with Gasteiger partial charge >= 0.3 is 0 Å². The molecule has 0 bridgehead atoms. The molecule has 1 aromatic carbocycles. The predicted octanol–water partition coefficient (Wildman–Crippen LogP) is 3.01. The zero-order chi connectivity index (χ0) is 22.3. The second kappa shape index (κ2) is 10.1. The highest BCUT2D eigenvalue weighted by Crippen LogP contribution is 2.26. The van der Waals surface area contributed by atoms with Gasteiger partial charge in [0, 0.05) is 37.5 Å². The van der Waals surface area contributed by atoms with Gasteiger partial charge in [0.05, 0.1) is 12.2 Å². The number of halogens is 1. The van der Waals surface area contributed by atoms with Gasteiger partial charge in [0.25, 0.3) is 0 Å². The van der Waals surface area contributed by atoms with Crippen LogP contribution in [0.5, 0.6) is 0 Å². The Morgan fingerprint density at radius 1 is 1.16 bits per heavy atom. The number of benzene rings is 1. The van der Waals surface area contributed by atoms with Gasteiger partial charge in [-0.25, -0.2) is 24.3 Å². The van der Waals surface area contributed by atoms with Crippen LogP contribution in [0.15, 0.2) is 48.9 Å². The number of nitrogens with zero attached hydrogens (tertiary/aromatic N) is 5. The van der Waals surface area contributed by atoms with E-state index in [4.69, 9.17) is 0 Å². The number of nitrogens with one attached hydrogen (secondary N) is 3. The standard InChI is InChI=1S/C22H25FN8O/c1-24-19-11-20(27-14-26-19)30-22-25-9-8-18(29-22)15-3-2-10-31(12-15)13-21(32)28-17-6-4-16(23)5-7-17/h4-9,11,14-15H,2-3,10,12-13H2,1H3,(H,28,32)(H2,24,25,26,27,29,30)/t15-/m1/s1. The highest BCUT2D eigenvalue weighted by molar-refractivity contribution is 5.92. The minimum Gasteiger partial charge on any atom is -0.373 e. The zero-order valence-electron chi connectivity index (χ0n) is 17.8. The summed E-state index contributed by atoms with van der Waals surface area (Å²) in [5, 5.41) is 8.90. The first kappa shape index (κ1) is 21.6. The van der Waals surface area contributed by atoms with Crippen molar-refractivity contribution in [1.82, 2.24) is 24.8 Å². The van der Waals surface area contributed by atoms with E-state index in [9.17, 15) is 9.18 Å². The fourth-order valence-corrected chi connectivity index (χ4v) is 3.71. The highest BCUT2D eigenvalue weighted by atomic mass is 19.1. The Kier molecular flexibility index (Phi) is 6.81. The molecule has 32 heavy (non-hydrogen) atoms. The largest absolute Gasteiger partial charge is 0.373 e. The molecule has 10 heteroatoms. The van der Waals surface area contributed by atoms with E-state index >= 15 is 0 Å². The van der Waals surface area contributed by atoms with Crippen LogP contribution in [0.3, 0.4) is 0 Å². The van der Waals surface area contributed by atoms with Crippen LogP contribution in [-0.4, -0.2) is 57.4 Å². The molecule has 9 nitrogen and oxygen atoms in total. The minimum atomic E-state index is -0.331. The molecule has 0 spiro atoms. The third-order valence-corrected chi connectivity index (χ3v) is 5.26. The van der Waals surface area contributed by atoms with Gasteiger partial charge in [-0.05, 0) is 49.7 Å². The maximum absolute atomic E-state index is 13.0. The van der Waals surface area contributed by atoms with Gasteiger partial charge in [-0.15, -0.1) is 0 Å². The van der Waals surface area contributed by atoms with E-state index in [2.05, 4.69) is 40.8 Å². The van der Waals surface area contributed by atoms with E-state index < -0.39 is 0 Å². The number of carbonyl (C=O) groups excluding carboxylic acids is 1. The van der Waals surface area contributed by atoms with Crippen molar-refractivity contribution in [3.63, 3.8) is 0 Å². The molecule has 1 aliphatic rings. The first-order valence-corrected chi connectivity index (χ1v) is 10.5. The number of amides is 1. The lowest BCUT2D eigenvalue weighted by Crippen LogP contribution is -2.40. The molecular weight excluding hydrogens is 411 g/mol. The number of rotatable bonds is 7. The Morgan fingerprint density at radius 2 is 1.97 bits per heavy atom.